The number of aliphatic hydroxyl groups is 1. The smallest absolute Gasteiger partial charge is 0.119 e. The maximum absolute atomic E-state index is 9.25. The van der Waals surface area contributed by atoms with E-state index >= 15 is 0 Å². The van der Waals surface area contributed by atoms with Gasteiger partial charge >= 0.3 is 0 Å². The fourth-order valence-electron chi connectivity index (χ4n) is 0.737. The molecule has 0 saturated carbocycles. The highest BCUT2D eigenvalue weighted by Gasteiger charge is 2.05. The summed E-state index contributed by atoms with van der Waals surface area (Å²) in [6, 6.07) is 0. The molecule has 0 spiro atoms. The first-order chi connectivity index (χ1) is 5.58. The molecule has 0 aliphatic heterocycles. The summed E-state index contributed by atoms with van der Waals surface area (Å²) in [5, 5.41) is 9.25. The molecule has 2 N–H and O–H groups in total. The van der Waals surface area contributed by atoms with Gasteiger partial charge in [0.1, 0.15) is 5.60 Å². The Kier molecular flexibility index (Phi) is 2.51. The quantitative estimate of drug-likeness (QED) is 0.601. The molecule has 0 aromatic carbocycles. The van der Waals surface area contributed by atoms with Crippen LogP contribution < -0.4 is 0 Å². The van der Waals surface area contributed by atoms with Crippen LogP contribution in [0.5, 0.6) is 0 Å². The predicted molar refractivity (Wildman–Crippen MR) is 46.4 cm³/mol. The lowest BCUT2D eigenvalue weighted by Gasteiger charge is -2.05. The Hall–Kier alpha value is -1.27. The van der Waals surface area contributed by atoms with Crippen molar-refractivity contribution in [1.29, 1.82) is 0 Å². The van der Waals surface area contributed by atoms with Crippen LogP contribution in [0.2, 0.25) is 0 Å². The van der Waals surface area contributed by atoms with Crippen LogP contribution in [0.25, 0.3) is 0 Å². The van der Waals surface area contributed by atoms with E-state index in [2.05, 4.69) is 21.8 Å². The molecular weight excluding hydrogens is 152 g/mol. The Morgan fingerprint density at radius 2 is 2.42 bits per heavy atom. The van der Waals surface area contributed by atoms with Crippen molar-refractivity contribution in [2.24, 2.45) is 0 Å². The monoisotopic (exact) mass is 164 g/mol. The Morgan fingerprint density at radius 3 is 2.92 bits per heavy atom. The molecule has 0 unspecified atom stereocenters. The second kappa shape index (κ2) is 3.42. The fraction of sp³-hybridized carbons (Fsp3) is 0.444. The van der Waals surface area contributed by atoms with Gasteiger partial charge in [-0.05, 0) is 13.8 Å². The third-order valence-electron chi connectivity index (χ3n) is 1.23. The van der Waals surface area contributed by atoms with Crippen molar-refractivity contribution in [3.63, 3.8) is 0 Å². The number of hydrogen-bond acceptors (Lipinski definition) is 2. The summed E-state index contributed by atoms with van der Waals surface area (Å²) in [6.45, 7) is 3.32. The molecule has 0 saturated heterocycles. The van der Waals surface area contributed by atoms with Gasteiger partial charge in [0.05, 0.1) is 12.7 Å². The predicted octanol–water partition coefficient (Wildman–Crippen LogP) is 0.726. The molecule has 0 fully saturated rings. The lowest BCUT2D eigenvalue weighted by Crippen LogP contribution is -2.14. The Balaban J connectivity index is 2.49. The standard InChI is InChI=1S/C9H12N2O/c1-9(2,12)5-3-4-8-6-10-7-11-8/h6-7,12H,4H2,1-2H3,(H,10,11). The largest absolute Gasteiger partial charge is 0.378 e. The van der Waals surface area contributed by atoms with Crippen molar-refractivity contribution in [2.45, 2.75) is 25.9 Å². The summed E-state index contributed by atoms with van der Waals surface area (Å²) in [5.74, 6) is 5.57. The van der Waals surface area contributed by atoms with Crippen molar-refractivity contribution in [1.82, 2.24) is 9.97 Å². The number of H-pyrrole nitrogens is 1. The van der Waals surface area contributed by atoms with Gasteiger partial charge in [-0.3, -0.25) is 0 Å². The molecule has 0 aliphatic carbocycles. The molecular formula is C9H12N2O. The van der Waals surface area contributed by atoms with Crippen LogP contribution in [0.3, 0.4) is 0 Å². The number of rotatable bonds is 1. The van der Waals surface area contributed by atoms with Gasteiger partial charge in [0.15, 0.2) is 0 Å². The van der Waals surface area contributed by atoms with E-state index in [1.54, 1.807) is 26.4 Å². The van der Waals surface area contributed by atoms with E-state index in [0.717, 1.165) is 5.69 Å². The van der Waals surface area contributed by atoms with Crippen LogP contribution >= 0.6 is 0 Å². The molecule has 64 valence electrons. The third-order valence-corrected chi connectivity index (χ3v) is 1.23. The summed E-state index contributed by atoms with van der Waals surface area (Å²) < 4.78 is 0. The minimum atomic E-state index is -0.903. The molecule has 1 aromatic heterocycles. The zero-order valence-corrected chi connectivity index (χ0v) is 7.26. The number of aromatic amines is 1. The molecule has 3 nitrogen and oxygen atoms in total. The number of nitrogens with one attached hydrogen (secondary N) is 1. The van der Waals surface area contributed by atoms with Gasteiger partial charge < -0.3 is 10.1 Å². The van der Waals surface area contributed by atoms with Gasteiger partial charge in [0.25, 0.3) is 0 Å². The summed E-state index contributed by atoms with van der Waals surface area (Å²) in [4.78, 5) is 6.78. The van der Waals surface area contributed by atoms with Gasteiger partial charge in [0, 0.05) is 11.9 Å². The number of hydrogen-bond donors (Lipinski definition) is 2. The summed E-state index contributed by atoms with van der Waals surface area (Å²) in [7, 11) is 0. The molecule has 0 amide bonds. The molecule has 1 rings (SSSR count). The zero-order chi connectivity index (χ0) is 9.03. The highest BCUT2D eigenvalue weighted by molar-refractivity contribution is 5.15. The minimum absolute atomic E-state index is 0.601. The first kappa shape index (κ1) is 8.82. The molecule has 1 heterocycles. The summed E-state index contributed by atoms with van der Waals surface area (Å²) in [5.41, 5.74) is 0.0618. The first-order valence-corrected chi connectivity index (χ1v) is 3.77. The topological polar surface area (TPSA) is 48.9 Å². The van der Waals surface area contributed by atoms with Crippen LogP contribution in [0.1, 0.15) is 19.5 Å². The minimum Gasteiger partial charge on any atom is -0.378 e. The molecule has 0 atom stereocenters. The molecule has 1 aromatic rings. The second-order valence-electron chi connectivity index (χ2n) is 3.11. The highest BCUT2D eigenvalue weighted by atomic mass is 16.3. The maximum Gasteiger partial charge on any atom is 0.119 e. The van der Waals surface area contributed by atoms with Crippen molar-refractivity contribution in [3.8, 4) is 11.8 Å². The Labute approximate surface area is 71.8 Å². The molecule has 0 radical (unpaired) electrons. The van der Waals surface area contributed by atoms with Crippen molar-refractivity contribution < 1.29 is 5.11 Å². The van der Waals surface area contributed by atoms with Crippen molar-refractivity contribution >= 4 is 0 Å². The first-order valence-electron chi connectivity index (χ1n) is 3.77. The molecule has 3 heteroatoms. The maximum atomic E-state index is 9.25. The third kappa shape index (κ3) is 3.22. The zero-order valence-electron chi connectivity index (χ0n) is 7.26. The normalized spacial score (nSPS) is 10.6. The van der Waals surface area contributed by atoms with Gasteiger partial charge in [0.2, 0.25) is 0 Å². The van der Waals surface area contributed by atoms with Gasteiger partial charge in [-0.1, -0.05) is 11.8 Å². The van der Waals surface area contributed by atoms with Crippen LogP contribution in [0.15, 0.2) is 12.5 Å². The van der Waals surface area contributed by atoms with E-state index in [0.29, 0.717) is 6.42 Å². The Morgan fingerprint density at radius 1 is 1.67 bits per heavy atom. The Bertz CT molecular complexity index is 285. The van der Waals surface area contributed by atoms with Crippen LogP contribution in [-0.4, -0.2) is 20.7 Å². The summed E-state index contributed by atoms with van der Waals surface area (Å²) in [6.07, 6.45) is 3.93. The van der Waals surface area contributed by atoms with Crippen LogP contribution in [-0.2, 0) is 6.42 Å². The van der Waals surface area contributed by atoms with Gasteiger partial charge in [-0.2, -0.15) is 0 Å². The van der Waals surface area contributed by atoms with Gasteiger partial charge in [-0.25, -0.2) is 4.98 Å². The van der Waals surface area contributed by atoms with Crippen LogP contribution in [0.4, 0.5) is 0 Å². The van der Waals surface area contributed by atoms with E-state index < -0.39 is 5.60 Å². The molecule has 12 heavy (non-hydrogen) atoms. The number of nitrogens with zero attached hydrogens (tertiary/aromatic N) is 1. The van der Waals surface area contributed by atoms with E-state index in [1.807, 2.05) is 0 Å². The fourth-order valence-corrected chi connectivity index (χ4v) is 0.737. The molecule has 0 bridgehead atoms. The van der Waals surface area contributed by atoms with Gasteiger partial charge in [-0.15, -0.1) is 0 Å². The SMILES string of the molecule is CC(C)(O)C#CCc1cnc[nH]1. The lowest BCUT2D eigenvalue weighted by atomic mass is 10.1. The number of imidazole rings is 1. The van der Waals surface area contributed by atoms with Crippen LogP contribution in [0, 0.1) is 11.8 Å². The average Bonchev–Trinajstić information content (AvgIpc) is 2.36. The summed E-state index contributed by atoms with van der Waals surface area (Å²) >= 11 is 0. The van der Waals surface area contributed by atoms with Crippen molar-refractivity contribution in [3.05, 3.63) is 18.2 Å². The lowest BCUT2D eigenvalue weighted by molar-refractivity contribution is 0.143. The second-order valence-corrected chi connectivity index (χ2v) is 3.11. The number of aromatic nitrogens is 2. The van der Waals surface area contributed by atoms with E-state index in [-0.39, 0.29) is 0 Å². The molecule has 0 aliphatic rings. The highest BCUT2D eigenvalue weighted by Crippen LogP contribution is 1.97. The average molecular weight is 164 g/mol. The van der Waals surface area contributed by atoms with E-state index in [4.69, 9.17) is 0 Å². The van der Waals surface area contributed by atoms with Crippen molar-refractivity contribution in [2.75, 3.05) is 0 Å². The van der Waals surface area contributed by atoms with E-state index in [1.165, 1.54) is 0 Å². The van der Waals surface area contributed by atoms with E-state index in [9.17, 15) is 5.11 Å².